The number of rotatable bonds is 7. The predicted molar refractivity (Wildman–Crippen MR) is 126 cm³/mol. The highest BCUT2D eigenvalue weighted by molar-refractivity contribution is 14.0. The van der Waals surface area contributed by atoms with E-state index in [1.165, 1.54) is 11.5 Å². The minimum absolute atomic E-state index is 0. The molecule has 0 spiro atoms. The first-order valence-electron chi connectivity index (χ1n) is 9.72. The highest BCUT2D eigenvalue weighted by Gasteiger charge is 2.21. The average molecular weight is 518 g/mol. The first kappa shape index (κ1) is 22.9. The predicted octanol–water partition coefficient (Wildman–Crippen LogP) is 2.40. The Bertz CT molecular complexity index is 736. The summed E-state index contributed by atoms with van der Waals surface area (Å²) in [6.45, 7) is 9.92. The van der Waals surface area contributed by atoms with Crippen molar-refractivity contribution in [3.8, 4) is 0 Å². The maximum atomic E-state index is 4.60. The van der Waals surface area contributed by atoms with Crippen LogP contribution < -0.4 is 10.2 Å². The summed E-state index contributed by atoms with van der Waals surface area (Å²) in [5.74, 6) is 3.03. The molecular formula is C18H31IN8S. The third-order valence-electron chi connectivity index (χ3n) is 4.87. The van der Waals surface area contributed by atoms with E-state index in [9.17, 15) is 0 Å². The molecule has 1 aliphatic rings. The van der Waals surface area contributed by atoms with E-state index < -0.39 is 0 Å². The van der Waals surface area contributed by atoms with E-state index in [4.69, 9.17) is 0 Å². The zero-order valence-corrected chi connectivity index (χ0v) is 20.1. The van der Waals surface area contributed by atoms with Crippen molar-refractivity contribution in [3.63, 3.8) is 0 Å². The Kier molecular flexibility index (Phi) is 9.42. The summed E-state index contributed by atoms with van der Waals surface area (Å²) >= 11 is 1.51. The maximum absolute atomic E-state index is 4.60. The van der Waals surface area contributed by atoms with Crippen LogP contribution in [-0.4, -0.2) is 69.5 Å². The fourth-order valence-electron chi connectivity index (χ4n) is 3.21. The van der Waals surface area contributed by atoms with Gasteiger partial charge in [0.25, 0.3) is 0 Å². The molecule has 3 heterocycles. The topological polar surface area (TPSA) is 74.5 Å². The van der Waals surface area contributed by atoms with E-state index in [0.29, 0.717) is 0 Å². The number of nitrogens with one attached hydrogen (secondary N) is 1. The van der Waals surface area contributed by atoms with Crippen LogP contribution in [0.15, 0.2) is 17.4 Å². The molecule has 0 radical (unpaired) electrons. The highest BCUT2D eigenvalue weighted by Crippen LogP contribution is 2.19. The Morgan fingerprint density at radius 3 is 2.64 bits per heavy atom. The first-order chi connectivity index (χ1) is 13.2. The van der Waals surface area contributed by atoms with Gasteiger partial charge in [0.1, 0.15) is 11.6 Å². The molecule has 8 nitrogen and oxygen atoms in total. The lowest BCUT2D eigenvalue weighted by molar-refractivity contribution is 0.371. The van der Waals surface area contributed by atoms with Gasteiger partial charge in [-0.15, -0.1) is 24.0 Å². The van der Waals surface area contributed by atoms with Gasteiger partial charge in [-0.25, -0.2) is 9.97 Å². The third-order valence-corrected chi connectivity index (χ3v) is 5.68. The Labute approximate surface area is 188 Å². The Morgan fingerprint density at radius 1 is 1.25 bits per heavy atom. The maximum Gasteiger partial charge on any atom is 0.205 e. The number of aryl methyl sites for hydroxylation is 3. The Balaban J connectivity index is 0.00000280. The lowest BCUT2D eigenvalue weighted by Gasteiger charge is -2.36. The Morgan fingerprint density at radius 2 is 2.04 bits per heavy atom. The van der Waals surface area contributed by atoms with Crippen LogP contribution >= 0.6 is 35.5 Å². The molecule has 1 aliphatic heterocycles. The molecule has 0 unspecified atom stereocenters. The van der Waals surface area contributed by atoms with Gasteiger partial charge in [-0.1, -0.05) is 6.92 Å². The second-order valence-electron chi connectivity index (χ2n) is 6.67. The van der Waals surface area contributed by atoms with Gasteiger partial charge in [0.05, 0.1) is 0 Å². The summed E-state index contributed by atoms with van der Waals surface area (Å²) in [5.41, 5.74) is 0. The molecule has 0 atom stereocenters. The highest BCUT2D eigenvalue weighted by atomic mass is 127. The molecule has 1 N–H and O–H groups in total. The van der Waals surface area contributed by atoms with E-state index in [1.807, 2.05) is 26.4 Å². The minimum Gasteiger partial charge on any atom is -0.356 e. The van der Waals surface area contributed by atoms with Crippen LogP contribution in [0.4, 0.5) is 5.13 Å². The van der Waals surface area contributed by atoms with E-state index in [2.05, 4.69) is 45.9 Å². The number of anilines is 1. The summed E-state index contributed by atoms with van der Waals surface area (Å²) in [5, 5.41) is 4.55. The van der Waals surface area contributed by atoms with Crippen molar-refractivity contribution in [3.05, 3.63) is 24.0 Å². The van der Waals surface area contributed by atoms with Gasteiger partial charge < -0.3 is 19.7 Å². The van der Waals surface area contributed by atoms with Crippen molar-refractivity contribution in [2.75, 3.05) is 44.7 Å². The molecule has 0 amide bonds. The van der Waals surface area contributed by atoms with Crippen molar-refractivity contribution in [1.29, 1.82) is 0 Å². The van der Waals surface area contributed by atoms with Gasteiger partial charge in [-0.3, -0.25) is 4.99 Å². The van der Waals surface area contributed by atoms with Crippen molar-refractivity contribution in [1.82, 2.24) is 29.1 Å². The lowest BCUT2D eigenvalue weighted by atomic mass is 10.3. The molecule has 0 aromatic carbocycles. The molecule has 0 saturated carbocycles. The summed E-state index contributed by atoms with van der Waals surface area (Å²) in [6.07, 6.45) is 7.04. The van der Waals surface area contributed by atoms with Gasteiger partial charge in [0.15, 0.2) is 5.96 Å². The summed E-state index contributed by atoms with van der Waals surface area (Å²) in [6, 6.07) is 0. The van der Waals surface area contributed by atoms with Crippen LogP contribution in [0, 0.1) is 6.92 Å². The van der Waals surface area contributed by atoms with Crippen LogP contribution in [-0.2, 0) is 13.0 Å². The van der Waals surface area contributed by atoms with E-state index >= 15 is 0 Å². The Hall–Kier alpha value is -1.43. The number of guanidine groups is 1. The van der Waals surface area contributed by atoms with E-state index in [1.54, 1.807) is 0 Å². The third kappa shape index (κ3) is 6.03. The summed E-state index contributed by atoms with van der Waals surface area (Å²) < 4.78 is 6.60. The largest absolute Gasteiger partial charge is 0.356 e. The van der Waals surface area contributed by atoms with Crippen molar-refractivity contribution >= 4 is 46.6 Å². The molecule has 28 heavy (non-hydrogen) atoms. The fourth-order valence-corrected chi connectivity index (χ4v) is 4.01. The van der Waals surface area contributed by atoms with E-state index in [0.717, 1.165) is 81.3 Å². The number of imidazole rings is 1. The lowest BCUT2D eigenvalue weighted by Crippen LogP contribution is -2.52. The first-order valence-corrected chi connectivity index (χ1v) is 10.5. The molecule has 2 aromatic heterocycles. The molecule has 3 rings (SSSR count). The molecule has 2 aromatic rings. The smallest absolute Gasteiger partial charge is 0.205 e. The fraction of sp³-hybridized carbons (Fsp3) is 0.667. The molecule has 0 bridgehead atoms. The second-order valence-corrected chi connectivity index (χ2v) is 7.40. The quantitative estimate of drug-likeness (QED) is 0.263. The molecular weight excluding hydrogens is 487 g/mol. The van der Waals surface area contributed by atoms with Crippen molar-refractivity contribution < 1.29 is 0 Å². The van der Waals surface area contributed by atoms with Gasteiger partial charge in [0, 0.05) is 76.7 Å². The average Bonchev–Trinajstić information content (AvgIpc) is 3.34. The summed E-state index contributed by atoms with van der Waals surface area (Å²) in [4.78, 5) is 18.0. The molecule has 156 valence electrons. The molecule has 10 heteroatoms. The van der Waals surface area contributed by atoms with Crippen molar-refractivity contribution in [2.24, 2.45) is 4.99 Å². The normalized spacial score (nSPS) is 14.9. The molecule has 0 aliphatic carbocycles. The summed E-state index contributed by atoms with van der Waals surface area (Å²) in [7, 11) is 1.86. The number of hydrogen-bond acceptors (Lipinski definition) is 6. The number of hydrogen-bond donors (Lipinski definition) is 1. The number of aliphatic imine (C=N–C) groups is 1. The van der Waals surface area contributed by atoms with Gasteiger partial charge in [-0.2, -0.15) is 4.37 Å². The standard InChI is InChI=1S/C18H30N8S.HI/c1-4-16-22-18(27-23-16)26-13-11-25(12-14-26)17(19-3)21-7-5-6-9-24-10-8-20-15(24)2;/h8,10H,4-7,9,11-14H2,1-3H3,(H,19,21);1H. The van der Waals surface area contributed by atoms with Gasteiger partial charge in [0.2, 0.25) is 5.13 Å². The van der Waals surface area contributed by atoms with E-state index in [-0.39, 0.29) is 24.0 Å². The van der Waals surface area contributed by atoms with Crippen LogP contribution in [0.25, 0.3) is 0 Å². The zero-order chi connectivity index (χ0) is 19.1. The van der Waals surface area contributed by atoms with Crippen LogP contribution in [0.1, 0.15) is 31.4 Å². The SMILES string of the molecule is CCc1nsc(N2CCN(C(=NC)NCCCCn3ccnc3C)CC2)n1.I. The minimum atomic E-state index is 0. The van der Waals surface area contributed by atoms with Gasteiger partial charge >= 0.3 is 0 Å². The van der Waals surface area contributed by atoms with Crippen LogP contribution in [0.2, 0.25) is 0 Å². The monoisotopic (exact) mass is 518 g/mol. The van der Waals surface area contributed by atoms with Crippen molar-refractivity contribution in [2.45, 2.75) is 39.7 Å². The number of unbranched alkanes of at least 4 members (excludes halogenated alkanes) is 1. The number of aromatic nitrogens is 4. The van der Waals surface area contributed by atoms with Crippen LogP contribution in [0.5, 0.6) is 0 Å². The van der Waals surface area contributed by atoms with Gasteiger partial charge in [-0.05, 0) is 19.8 Å². The number of piperazine rings is 1. The second kappa shape index (κ2) is 11.5. The number of halogens is 1. The molecule has 1 fully saturated rings. The number of nitrogens with zero attached hydrogens (tertiary/aromatic N) is 7. The van der Waals surface area contributed by atoms with Crippen LogP contribution in [0.3, 0.4) is 0 Å². The zero-order valence-electron chi connectivity index (χ0n) is 17.0. The molecule has 1 saturated heterocycles.